The second-order valence-electron chi connectivity index (χ2n) is 6.04. The molecule has 0 radical (unpaired) electrons. The zero-order valence-corrected chi connectivity index (χ0v) is 13.9. The summed E-state index contributed by atoms with van der Waals surface area (Å²) in [6, 6.07) is 15.3. The van der Waals surface area contributed by atoms with E-state index < -0.39 is 0 Å². The Kier molecular flexibility index (Phi) is 4.01. The number of benzene rings is 2. The topological polar surface area (TPSA) is 65.4 Å². The molecular weight excluding hydrogens is 318 g/mol. The van der Waals surface area contributed by atoms with Crippen LogP contribution in [-0.2, 0) is 11.3 Å². The highest BCUT2D eigenvalue weighted by molar-refractivity contribution is 5.81. The van der Waals surface area contributed by atoms with Crippen molar-refractivity contribution in [1.29, 1.82) is 0 Å². The number of nitrogens with zero attached hydrogens (tertiary/aromatic N) is 2. The van der Waals surface area contributed by atoms with E-state index in [1.807, 2.05) is 60.0 Å². The summed E-state index contributed by atoms with van der Waals surface area (Å²) < 4.78 is 13.4. The molecule has 0 saturated heterocycles. The summed E-state index contributed by atoms with van der Waals surface area (Å²) in [4.78, 5) is 16.8. The predicted octanol–water partition coefficient (Wildman–Crippen LogP) is 2.30. The van der Waals surface area contributed by atoms with E-state index in [0.29, 0.717) is 18.9 Å². The van der Waals surface area contributed by atoms with Crippen LogP contribution in [0.2, 0.25) is 0 Å². The Morgan fingerprint density at radius 2 is 1.96 bits per heavy atom. The Morgan fingerprint density at radius 3 is 2.84 bits per heavy atom. The van der Waals surface area contributed by atoms with E-state index in [0.717, 1.165) is 22.6 Å². The van der Waals surface area contributed by atoms with Gasteiger partial charge in [0.15, 0.2) is 11.5 Å². The minimum Gasteiger partial charge on any atom is -0.486 e. The summed E-state index contributed by atoms with van der Waals surface area (Å²) in [6.45, 7) is 2.96. The van der Waals surface area contributed by atoms with Crippen LogP contribution in [0.4, 0.5) is 0 Å². The van der Waals surface area contributed by atoms with E-state index >= 15 is 0 Å². The molecule has 1 amide bonds. The van der Waals surface area contributed by atoms with Crippen molar-refractivity contribution in [3.63, 3.8) is 0 Å². The molecule has 2 heterocycles. The first-order valence-electron chi connectivity index (χ1n) is 8.28. The molecule has 3 aromatic rings. The van der Waals surface area contributed by atoms with Crippen molar-refractivity contribution in [1.82, 2.24) is 14.9 Å². The molecule has 0 aliphatic carbocycles. The van der Waals surface area contributed by atoms with E-state index in [4.69, 9.17) is 9.47 Å². The average Bonchev–Trinajstić information content (AvgIpc) is 2.95. The second-order valence-corrected chi connectivity index (χ2v) is 6.04. The first-order chi connectivity index (χ1) is 12.2. The van der Waals surface area contributed by atoms with E-state index in [9.17, 15) is 4.79 Å². The Hall–Kier alpha value is -3.02. The SMILES string of the molecule is Cc1nc2ccccc2n1CC(=O)NC[C@@H]1COc2ccccc2O1. The molecule has 1 aromatic heterocycles. The third-order valence-corrected chi connectivity index (χ3v) is 4.24. The fraction of sp³-hybridized carbons (Fsp3) is 0.263. The van der Waals surface area contributed by atoms with Gasteiger partial charge in [0, 0.05) is 0 Å². The highest BCUT2D eigenvalue weighted by atomic mass is 16.6. The van der Waals surface area contributed by atoms with Crippen LogP contribution in [0.5, 0.6) is 11.5 Å². The fourth-order valence-electron chi connectivity index (χ4n) is 2.99. The van der Waals surface area contributed by atoms with Gasteiger partial charge in [-0.25, -0.2) is 4.98 Å². The molecule has 6 nitrogen and oxygen atoms in total. The molecule has 1 aliphatic rings. The van der Waals surface area contributed by atoms with Crippen LogP contribution in [0.15, 0.2) is 48.5 Å². The zero-order chi connectivity index (χ0) is 17.2. The van der Waals surface area contributed by atoms with Crippen molar-refractivity contribution >= 4 is 16.9 Å². The largest absolute Gasteiger partial charge is 0.486 e. The number of nitrogens with one attached hydrogen (secondary N) is 1. The maximum Gasteiger partial charge on any atom is 0.240 e. The van der Waals surface area contributed by atoms with Crippen LogP contribution < -0.4 is 14.8 Å². The molecule has 1 N–H and O–H groups in total. The minimum atomic E-state index is -0.195. The maximum atomic E-state index is 12.3. The summed E-state index contributed by atoms with van der Waals surface area (Å²) in [5, 5.41) is 2.92. The van der Waals surface area contributed by atoms with E-state index in [1.165, 1.54) is 0 Å². The van der Waals surface area contributed by atoms with E-state index in [2.05, 4.69) is 10.3 Å². The Labute approximate surface area is 145 Å². The van der Waals surface area contributed by atoms with E-state index in [1.54, 1.807) is 0 Å². The van der Waals surface area contributed by atoms with Crippen LogP contribution in [0.3, 0.4) is 0 Å². The van der Waals surface area contributed by atoms with Crippen molar-refractivity contribution in [3.05, 3.63) is 54.4 Å². The number of amides is 1. The van der Waals surface area contributed by atoms with Gasteiger partial charge in [0.1, 0.15) is 25.1 Å². The molecule has 0 bridgehead atoms. The van der Waals surface area contributed by atoms with Gasteiger partial charge >= 0.3 is 0 Å². The van der Waals surface area contributed by atoms with Crippen LogP contribution in [0.1, 0.15) is 5.82 Å². The number of rotatable bonds is 4. The number of ether oxygens (including phenoxy) is 2. The molecule has 1 atom stereocenters. The average molecular weight is 337 g/mol. The lowest BCUT2D eigenvalue weighted by Crippen LogP contribution is -2.41. The molecular formula is C19H19N3O3. The summed E-state index contributed by atoms with van der Waals surface area (Å²) in [5.41, 5.74) is 1.86. The number of hydrogen-bond acceptors (Lipinski definition) is 4. The zero-order valence-electron chi connectivity index (χ0n) is 13.9. The highest BCUT2D eigenvalue weighted by Gasteiger charge is 2.21. The lowest BCUT2D eigenvalue weighted by atomic mass is 10.2. The van der Waals surface area contributed by atoms with Gasteiger partial charge in [-0.15, -0.1) is 0 Å². The Bertz CT molecular complexity index is 919. The predicted molar refractivity (Wildman–Crippen MR) is 93.8 cm³/mol. The van der Waals surface area contributed by atoms with Gasteiger partial charge in [0.25, 0.3) is 0 Å². The molecule has 0 unspecified atom stereocenters. The Balaban J connectivity index is 1.38. The monoisotopic (exact) mass is 337 g/mol. The number of aryl methyl sites for hydroxylation is 1. The lowest BCUT2D eigenvalue weighted by Gasteiger charge is -2.26. The summed E-state index contributed by atoms with van der Waals surface area (Å²) in [6.07, 6.45) is -0.195. The van der Waals surface area contributed by atoms with Crippen LogP contribution in [-0.4, -0.2) is 34.7 Å². The smallest absolute Gasteiger partial charge is 0.240 e. The molecule has 6 heteroatoms. The van der Waals surface area contributed by atoms with E-state index in [-0.39, 0.29) is 18.6 Å². The normalized spacial score (nSPS) is 16.0. The van der Waals surface area contributed by atoms with Gasteiger partial charge in [-0.3, -0.25) is 4.79 Å². The van der Waals surface area contributed by atoms with Crippen molar-refractivity contribution in [2.24, 2.45) is 0 Å². The minimum absolute atomic E-state index is 0.0753. The third-order valence-electron chi connectivity index (χ3n) is 4.24. The molecule has 0 spiro atoms. The highest BCUT2D eigenvalue weighted by Crippen LogP contribution is 2.30. The first-order valence-corrected chi connectivity index (χ1v) is 8.28. The van der Waals surface area contributed by atoms with Crippen molar-refractivity contribution in [3.8, 4) is 11.5 Å². The summed E-state index contributed by atoms with van der Waals surface area (Å²) in [5.74, 6) is 2.20. The lowest BCUT2D eigenvalue weighted by molar-refractivity contribution is -0.122. The first kappa shape index (κ1) is 15.5. The summed E-state index contributed by atoms with van der Waals surface area (Å²) >= 11 is 0. The molecule has 1 aliphatic heterocycles. The quantitative estimate of drug-likeness (QED) is 0.793. The number of carbonyl (C=O) groups excluding carboxylic acids is 1. The van der Waals surface area contributed by atoms with Gasteiger partial charge in [0.2, 0.25) is 5.91 Å². The molecule has 0 fully saturated rings. The van der Waals surface area contributed by atoms with Gasteiger partial charge in [-0.05, 0) is 31.2 Å². The maximum absolute atomic E-state index is 12.3. The molecule has 2 aromatic carbocycles. The number of fused-ring (bicyclic) bond motifs is 2. The van der Waals surface area contributed by atoms with Gasteiger partial charge < -0.3 is 19.4 Å². The van der Waals surface area contributed by atoms with Gasteiger partial charge in [-0.2, -0.15) is 0 Å². The Morgan fingerprint density at radius 1 is 1.20 bits per heavy atom. The van der Waals surface area contributed by atoms with Crippen molar-refractivity contribution in [2.45, 2.75) is 19.6 Å². The fourth-order valence-corrected chi connectivity index (χ4v) is 2.99. The summed E-state index contributed by atoms with van der Waals surface area (Å²) in [7, 11) is 0. The third kappa shape index (κ3) is 3.15. The molecule has 4 rings (SSSR count). The van der Waals surface area contributed by atoms with Crippen molar-refractivity contribution < 1.29 is 14.3 Å². The molecule has 128 valence electrons. The molecule has 0 saturated carbocycles. The van der Waals surface area contributed by atoms with Crippen LogP contribution in [0, 0.1) is 6.92 Å². The van der Waals surface area contributed by atoms with Gasteiger partial charge in [0.05, 0.1) is 17.6 Å². The standard InChI is InChI=1S/C19H19N3O3/c1-13-21-15-6-2-3-7-16(15)22(13)11-19(23)20-10-14-12-24-17-8-4-5-9-18(17)25-14/h2-9,14H,10-12H2,1H3,(H,20,23)/t14-/m1/s1. The molecule has 25 heavy (non-hydrogen) atoms. The van der Waals surface area contributed by atoms with Gasteiger partial charge in [-0.1, -0.05) is 24.3 Å². The van der Waals surface area contributed by atoms with Crippen molar-refractivity contribution in [2.75, 3.05) is 13.2 Å². The number of imidazole rings is 1. The van der Waals surface area contributed by atoms with Crippen LogP contribution in [0.25, 0.3) is 11.0 Å². The number of para-hydroxylation sites is 4. The second kappa shape index (κ2) is 6.47. The van der Waals surface area contributed by atoms with Crippen LogP contribution >= 0.6 is 0 Å². The number of aromatic nitrogens is 2. The number of hydrogen-bond donors (Lipinski definition) is 1. The number of carbonyl (C=O) groups is 1.